The van der Waals surface area contributed by atoms with Crippen molar-refractivity contribution in [1.82, 2.24) is 4.90 Å². The third-order valence-electron chi connectivity index (χ3n) is 3.81. The molecule has 0 aliphatic carbocycles. The molecular weight excluding hydrogens is 284 g/mol. The van der Waals surface area contributed by atoms with Gasteiger partial charge >= 0.3 is 0 Å². The molecule has 1 N–H and O–H groups in total. The summed E-state index contributed by atoms with van der Waals surface area (Å²) in [5.74, 6) is -2.84. The summed E-state index contributed by atoms with van der Waals surface area (Å²) in [6.45, 7) is 10.7. The summed E-state index contributed by atoms with van der Waals surface area (Å²) in [6, 6.07) is 5.16. The molecule has 1 aliphatic rings. The summed E-state index contributed by atoms with van der Waals surface area (Å²) in [5, 5.41) is 3.31. The summed E-state index contributed by atoms with van der Waals surface area (Å²) in [7, 11) is 2.08. The maximum absolute atomic E-state index is 13.8. The lowest BCUT2D eigenvalue weighted by atomic mass is 10.0. The normalized spacial score (nSPS) is 17.7. The van der Waals surface area contributed by atoms with Crippen LogP contribution in [0, 0.1) is 0 Å². The Labute approximate surface area is 132 Å². The second-order valence-corrected chi connectivity index (χ2v) is 7.32. The predicted octanol–water partition coefficient (Wildman–Crippen LogP) is 3.76. The van der Waals surface area contributed by atoms with Gasteiger partial charge in [0, 0.05) is 55.6 Å². The Morgan fingerprint density at radius 2 is 1.55 bits per heavy atom. The van der Waals surface area contributed by atoms with Crippen molar-refractivity contribution in [3.63, 3.8) is 0 Å². The lowest BCUT2D eigenvalue weighted by molar-refractivity contribution is 0.0175. The minimum Gasteiger partial charge on any atom is -0.380 e. The first-order valence-electron chi connectivity index (χ1n) is 7.80. The molecule has 1 aromatic rings. The molecule has 0 saturated carbocycles. The fraction of sp³-hybridized carbons (Fsp3) is 0.647. The molecule has 1 saturated heterocycles. The topological polar surface area (TPSA) is 18.5 Å². The van der Waals surface area contributed by atoms with E-state index in [1.807, 2.05) is 26.8 Å². The van der Waals surface area contributed by atoms with Crippen LogP contribution in [-0.4, -0.2) is 43.7 Å². The van der Waals surface area contributed by atoms with Gasteiger partial charge in [-0.25, -0.2) is 8.78 Å². The van der Waals surface area contributed by atoms with Gasteiger partial charge in [0.1, 0.15) is 0 Å². The molecule has 22 heavy (non-hydrogen) atoms. The molecule has 0 atom stereocenters. The van der Waals surface area contributed by atoms with Crippen LogP contribution in [0.5, 0.6) is 0 Å². The van der Waals surface area contributed by atoms with Crippen molar-refractivity contribution >= 4 is 11.4 Å². The van der Waals surface area contributed by atoms with Crippen molar-refractivity contribution in [2.45, 2.75) is 39.2 Å². The van der Waals surface area contributed by atoms with Crippen molar-refractivity contribution in [3.8, 4) is 0 Å². The van der Waals surface area contributed by atoms with E-state index in [0.29, 0.717) is 0 Å². The second kappa shape index (κ2) is 6.03. The lowest BCUT2D eigenvalue weighted by Crippen LogP contribution is -2.44. The van der Waals surface area contributed by atoms with Crippen LogP contribution in [0.1, 0.15) is 33.3 Å². The minimum absolute atomic E-state index is 0.0654. The van der Waals surface area contributed by atoms with E-state index in [0.717, 1.165) is 44.5 Å². The van der Waals surface area contributed by atoms with Gasteiger partial charge in [0.25, 0.3) is 5.92 Å². The molecule has 124 valence electrons. The highest BCUT2D eigenvalue weighted by atomic mass is 19.3. The molecule has 1 fully saturated rings. The minimum atomic E-state index is -2.84. The van der Waals surface area contributed by atoms with Crippen molar-refractivity contribution in [3.05, 3.63) is 23.8 Å². The first-order chi connectivity index (χ1) is 10.0. The van der Waals surface area contributed by atoms with E-state index < -0.39 is 5.92 Å². The number of halogens is 2. The van der Waals surface area contributed by atoms with Crippen LogP contribution >= 0.6 is 0 Å². The van der Waals surface area contributed by atoms with Crippen LogP contribution in [0.25, 0.3) is 0 Å². The fourth-order valence-corrected chi connectivity index (χ4v) is 2.62. The van der Waals surface area contributed by atoms with Gasteiger partial charge < -0.3 is 15.1 Å². The van der Waals surface area contributed by atoms with Crippen LogP contribution in [0.3, 0.4) is 0 Å². The van der Waals surface area contributed by atoms with Crippen LogP contribution < -0.4 is 10.2 Å². The highest BCUT2D eigenvalue weighted by Crippen LogP contribution is 2.34. The highest BCUT2D eigenvalue weighted by molar-refractivity contribution is 5.62. The number of piperazine rings is 1. The zero-order chi connectivity index (χ0) is 16.5. The lowest BCUT2D eigenvalue weighted by Gasteiger charge is -2.35. The summed E-state index contributed by atoms with van der Waals surface area (Å²) in [6.07, 6.45) is 0. The number of anilines is 2. The molecule has 0 radical (unpaired) electrons. The highest BCUT2D eigenvalue weighted by Gasteiger charge is 2.27. The molecule has 0 aromatic heterocycles. The van der Waals surface area contributed by atoms with E-state index >= 15 is 0 Å². The van der Waals surface area contributed by atoms with Gasteiger partial charge in [-0.1, -0.05) is 0 Å². The largest absolute Gasteiger partial charge is 0.380 e. The van der Waals surface area contributed by atoms with E-state index in [2.05, 4.69) is 22.2 Å². The summed E-state index contributed by atoms with van der Waals surface area (Å²) < 4.78 is 27.6. The van der Waals surface area contributed by atoms with E-state index in [9.17, 15) is 8.78 Å². The van der Waals surface area contributed by atoms with Crippen molar-refractivity contribution in [2.75, 3.05) is 43.4 Å². The summed E-state index contributed by atoms with van der Waals surface area (Å²) >= 11 is 0. The predicted molar refractivity (Wildman–Crippen MR) is 89.1 cm³/mol. The van der Waals surface area contributed by atoms with Gasteiger partial charge in [0.2, 0.25) is 0 Å². The molecule has 0 amide bonds. The molecular formula is C17H27F2N3. The Morgan fingerprint density at radius 1 is 0.955 bits per heavy atom. The zero-order valence-electron chi connectivity index (χ0n) is 14.2. The Balaban J connectivity index is 2.34. The average molecular weight is 311 g/mol. The number of hydrogen-bond donors (Lipinski definition) is 1. The number of rotatable bonds is 3. The van der Waals surface area contributed by atoms with E-state index in [1.54, 1.807) is 12.1 Å². The molecule has 1 heterocycles. The third kappa shape index (κ3) is 4.57. The van der Waals surface area contributed by atoms with Gasteiger partial charge in [0.15, 0.2) is 0 Å². The number of nitrogens with zero attached hydrogens (tertiary/aromatic N) is 2. The zero-order valence-corrected chi connectivity index (χ0v) is 14.2. The Morgan fingerprint density at radius 3 is 2.05 bits per heavy atom. The molecule has 0 spiro atoms. The third-order valence-corrected chi connectivity index (χ3v) is 3.81. The van der Waals surface area contributed by atoms with Gasteiger partial charge in [0.05, 0.1) is 0 Å². The quantitative estimate of drug-likeness (QED) is 0.917. The van der Waals surface area contributed by atoms with E-state index in [4.69, 9.17) is 0 Å². The Kier molecular flexibility index (Phi) is 4.66. The average Bonchev–Trinajstić information content (AvgIpc) is 2.36. The molecule has 1 aromatic carbocycles. The van der Waals surface area contributed by atoms with Crippen LogP contribution in [-0.2, 0) is 5.92 Å². The van der Waals surface area contributed by atoms with Gasteiger partial charge in [-0.3, -0.25) is 0 Å². The summed E-state index contributed by atoms with van der Waals surface area (Å²) in [5.41, 5.74) is 1.52. The second-order valence-electron chi connectivity index (χ2n) is 7.32. The van der Waals surface area contributed by atoms with Crippen LogP contribution in [0.15, 0.2) is 18.2 Å². The molecule has 1 aliphatic heterocycles. The number of nitrogens with one attached hydrogen (secondary N) is 1. The number of alkyl halides is 2. The fourth-order valence-electron chi connectivity index (χ4n) is 2.62. The number of likely N-dealkylation sites (N-methyl/N-ethyl adjacent to an activating group) is 1. The SMILES string of the molecule is CN1CCN(c2cc(NC(C)(C)C)cc(C(C)(F)F)c2)CC1. The molecule has 3 nitrogen and oxygen atoms in total. The van der Waals surface area contributed by atoms with Crippen LogP contribution in [0.2, 0.25) is 0 Å². The van der Waals surface area contributed by atoms with Gasteiger partial charge in [-0.15, -0.1) is 0 Å². The maximum atomic E-state index is 13.8. The summed E-state index contributed by atoms with van der Waals surface area (Å²) in [4.78, 5) is 4.44. The monoisotopic (exact) mass is 311 g/mol. The van der Waals surface area contributed by atoms with Crippen molar-refractivity contribution in [2.24, 2.45) is 0 Å². The van der Waals surface area contributed by atoms with E-state index in [-0.39, 0.29) is 11.1 Å². The molecule has 2 rings (SSSR count). The van der Waals surface area contributed by atoms with E-state index in [1.165, 1.54) is 0 Å². The number of hydrogen-bond acceptors (Lipinski definition) is 3. The van der Waals surface area contributed by atoms with Crippen molar-refractivity contribution in [1.29, 1.82) is 0 Å². The van der Waals surface area contributed by atoms with Gasteiger partial charge in [-0.2, -0.15) is 0 Å². The Hall–Kier alpha value is -1.36. The smallest absolute Gasteiger partial charge is 0.270 e. The maximum Gasteiger partial charge on any atom is 0.270 e. The van der Waals surface area contributed by atoms with Crippen LogP contribution in [0.4, 0.5) is 20.2 Å². The first kappa shape index (κ1) is 17.0. The van der Waals surface area contributed by atoms with Gasteiger partial charge in [-0.05, 0) is 46.0 Å². The first-order valence-corrected chi connectivity index (χ1v) is 7.80. The molecule has 0 bridgehead atoms. The number of benzene rings is 1. The Bertz CT molecular complexity index is 510. The molecule has 5 heteroatoms. The standard InChI is InChI=1S/C17H27F2N3/c1-16(2,3)20-14-10-13(17(4,18)19)11-15(12-14)22-8-6-21(5)7-9-22/h10-12,20H,6-9H2,1-5H3. The van der Waals surface area contributed by atoms with Crippen molar-refractivity contribution < 1.29 is 8.78 Å². The molecule has 0 unspecified atom stereocenters.